The van der Waals surface area contributed by atoms with Gasteiger partial charge in [0.2, 0.25) is 5.91 Å². The smallest absolute Gasteiger partial charge is 0.227 e. The van der Waals surface area contributed by atoms with Crippen molar-refractivity contribution in [1.82, 2.24) is 10.2 Å². The van der Waals surface area contributed by atoms with E-state index in [-0.39, 0.29) is 5.91 Å². The van der Waals surface area contributed by atoms with Crippen molar-refractivity contribution >= 4 is 17.5 Å². The summed E-state index contributed by atoms with van der Waals surface area (Å²) in [5, 5.41) is 3.74. The van der Waals surface area contributed by atoms with Gasteiger partial charge in [-0.15, -0.1) is 0 Å². The van der Waals surface area contributed by atoms with Gasteiger partial charge in [0.1, 0.15) is 13.2 Å². The number of nitrogens with zero attached hydrogens (tertiary/aromatic N) is 1. The van der Waals surface area contributed by atoms with Gasteiger partial charge in [-0.25, -0.2) is 0 Å². The van der Waals surface area contributed by atoms with Crippen LogP contribution in [0, 0.1) is 0 Å². The van der Waals surface area contributed by atoms with Gasteiger partial charge in [-0.2, -0.15) is 0 Å². The van der Waals surface area contributed by atoms with Crippen molar-refractivity contribution in [2.75, 3.05) is 39.4 Å². The van der Waals surface area contributed by atoms with Crippen LogP contribution in [0.25, 0.3) is 0 Å². The number of ether oxygens (including phenoxy) is 2. The van der Waals surface area contributed by atoms with Crippen molar-refractivity contribution in [3.05, 3.63) is 22.7 Å². The molecule has 6 heteroatoms. The van der Waals surface area contributed by atoms with E-state index in [1.165, 1.54) is 0 Å². The Hall–Kier alpha value is -1.46. The molecule has 3 rings (SSSR count). The van der Waals surface area contributed by atoms with Gasteiger partial charge in [0.15, 0.2) is 11.5 Å². The minimum absolute atomic E-state index is 0.124. The molecule has 1 fully saturated rings. The molecule has 2 aliphatic rings. The maximum atomic E-state index is 12.2. The van der Waals surface area contributed by atoms with E-state index < -0.39 is 0 Å². The molecule has 0 unspecified atom stereocenters. The van der Waals surface area contributed by atoms with Gasteiger partial charge in [0, 0.05) is 26.2 Å². The van der Waals surface area contributed by atoms with Crippen LogP contribution in [0.3, 0.4) is 0 Å². The molecule has 2 aliphatic heterocycles. The molecule has 1 aromatic rings. The maximum Gasteiger partial charge on any atom is 0.227 e. The van der Waals surface area contributed by atoms with Crippen molar-refractivity contribution < 1.29 is 14.3 Å². The summed E-state index contributed by atoms with van der Waals surface area (Å²) in [5.41, 5.74) is 0.864. The van der Waals surface area contributed by atoms with Gasteiger partial charge in [0.05, 0.1) is 11.4 Å². The zero-order chi connectivity index (χ0) is 13.9. The average Bonchev–Trinajstić information content (AvgIpc) is 2.48. The Kier molecular flexibility index (Phi) is 3.98. The van der Waals surface area contributed by atoms with Gasteiger partial charge in [-0.05, 0) is 17.7 Å². The van der Waals surface area contributed by atoms with Crippen LogP contribution in [0.4, 0.5) is 0 Å². The average molecular weight is 297 g/mol. The summed E-state index contributed by atoms with van der Waals surface area (Å²) in [4.78, 5) is 14.1. The summed E-state index contributed by atoms with van der Waals surface area (Å²) >= 11 is 6.18. The molecule has 1 aromatic carbocycles. The van der Waals surface area contributed by atoms with E-state index >= 15 is 0 Å². The second-order valence-corrected chi connectivity index (χ2v) is 5.32. The Morgan fingerprint density at radius 3 is 2.80 bits per heavy atom. The van der Waals surface area contributed by atoms with Gasteiger partial charge in [-0.3, -0.25) is 4.79 Å². The lowest BCUT2D eigenvalue weighted by Gasteiger charge is -2.27. The zero-order valence-corrected chi connectivity index (χ0v) is 11.9. The number of carbonyl (C=O) groups excluding carboxylic acids is 1. The fraction of sp³-hybridized carbons (Fsp3) is 0.500. The molecular formula is C14H17ClN2O3. The van der Waals surface area contributed by atoms with Crippen LogP contribution >= 0.6 is 11.6 Å². The number of nitrogens with one attached hydrogen (secondary N) is 1. The van der Waals surface area contributed by atoms with Crippen molar-refractivity contribution in [2.45, 2.75) is 6.42 Å². The number of rotatable bonds is 2. The van der Waals surface area contributed by atoms with E-state index in [9.17, 15) is 4.79 Å². The van der Waals surface area contributed by atoms with Crippen molar-refractivity contribution in [3.63, 3.8) is 0 Å². The summed E-state index contributed by atoms with van der Waals surface area (Å²) in [6, 6.07) is 3.63. The summed E-state index contributed by atoms with van der Waals surface area (Å²) in [5.74, 6) is 1.34. The van der Waals surface area contributed by atoms with Crippen LogP contribution in [0.5, 0.6) is 11.5 Å². The highest BCUT2D eigenvalue weighted by Crippen LogP contribution is 2.38. The van der Waals surface area contributed by atoms with Crippen molar-refractivity contribution in [2.24, 2.45) is 0 Å². The minimum atomic E-state index is 0.124. The van der Waals surface area contributed by atoms with Crippen LogP contribution in [0.1, 0.15) is 5.56 Å². The normalized spacial score (nSPS) is 17.9. The number of carbonyl (C=O) groups is 1. The maximum absolute atomic E-state index is 12.2. The Morgan fingerprint density at radius 2 is 2.00 bits per heavy atom. The van der Waals surface area contributed by atoms with Crippen LogP contribution in [0.2, 0.25) is 5.02 Å². The molecule has 0 aromatic heterocycles. The second kappa shape index (κ2) is 5.89. The van der Waals surface area contributed by atoms with Gasteiger partial charge >= 0.3 is 0 Å². The number of fused-ring (bicyclic) bond motifs is 1. The van der Waals surface area contributed by atoms with Crippen LogP contribution in [0.15, 0.2) is 12.1 Å². The Labute approximate surface area is 122 Å². The fourth-order valence-electron chi connectivity index (χ4n) is 2.47. The van der Waals surface area contributed by atoms with E-state index in [1.807, 2.05) is 11.0 Å². The third-order valence-corrected chi connectivity index (χ3v) is 3.76. The lowest BCUT2D eigenvalue weighted by atomic mass is 10.1. The van der Waals surface area contributed by atoms with E-state index in [0.717, 1.165) is 31.7 Å². The highest BCUT2D eigenvalue weighted by molar-refractivity contribution is 6.32. The number of hydrogen-bond donors (Lipinski definition) is 1. The fourth-order valence-corrected chi connectivity index (χ4v) is 2.75. The lowest BCUT2D eigenvalue weighted by molar-refractivity contribution is -0.131. The van der Waals surface area contributed by atoms with Crippen LogP contribution in [-0.2, 0) is 11.2 Å². The molecule has 0 atom stereocenters. The van der Waals surface area contributed by atoms with Gasteiger partial charge < -0.3 is 19.7 Å². The number of benzene rings is 1. The van der Waals surface area contributed by atoms with Gasteiger partial charge in [-0.1, -0.05) is 11.6 Å². The quantitative estimate of drug-likeness (QED) is 0.887. The van der Waals surface area contributed by atoms with E-state index in [4.69, 9.17) is 21.1 Å². The third kappa shape index (κ3) is 2.83. The molecule has 5 nitrogen and oxygen atoms in total. The number of halogens is 1. The number of amides is 1. The van der Waals surface area contributed by atoms with E-state index in [2.05, 4.69) is 5.32 Å². The van der Waals surface area contributed by atoms with Gasteiger partial charge in [0.25, 0.3) is 0 Å². The van der Waals surface area contributed by atoms with Crippen molar-refractivity contribution in [3.8, 4) is 11.5 Å². The molecule has 108 valence electrons. The molecule has 1 amide bonds. The Morgan fingerprint density at radius 1 is 1.25 bits per heavy atom. The first-order chi connectivity index (χ1) is 9.74. The lowest BCUT2D eigenvalue weighted by Crippen LogP contribution is -2.46. The number of hydrogen-bond acceptors (Lipinski definition) is 4. The monoisotopic (exact) mass is 296 g/mol. The molecular weight excluding hydrogens is 280 g/mol. The first-order valence-electron chi connectivity index (χ1n) is 6.80. The molecule has 0 radical (unpaired) electrons. The largest absolute Gasteiger partial charge is 0.486 e. The number of piperazine rings is 1. The third-order valence-electron chi connectivity index (χ3n) is 3.48. The topological polar surface area (TPSA) is 50.8 Å². The molecule has 0 aliphatic carbocycles. The SMILES string of the molecule is O=C(Cc1cc(Cl)c2c(c1)OCCO2)N1CCNCC1. The van der Waals surface area contributed by atoms with Crippen LogP contribution < -0.4 is 14.8 Å². The van der Waals surface area contributed by atoms with Crippen molar-refractivity contribution in [1.29, 1.82) is 0 Å². The predicted octanol–water partition coefficient (Wildman–Crippen LogP) is 1.09. The molecule has 1 N–H and O–H groups in total. The summed E-state index contributed by atoms with van der Waals surface area (Å²) < 4.78 is 11.0. The molecule has 2 heterocycles. The highest BCUT2D eigenvalue weighted by atomic mass is 35.5. The molecule has 0 spiro atoms. The first kappa shape index (κ1) is 13.5. The Balaban J connectivity index is 1.73. The van der Waals surface area contributed by atoms with Crippen LogP contribution in [-0.4, -0.2) is 50.2 Å². The molecule has 0 bridgehead atoms. The summed E-state index contributed by atoms with van der Waals surface area (Å²) in [6.07, 6.45) is 0.344. The highest BCUT2D eigenvalue weighted by Gasteiger charge is 2.20. The molecule has 1 saturated heterocycles. The first-order valence-corrected chi connectivity index (χ1v) is 7.18. The second-order valence-electron chi connectivity index (χ2n) is 4.91. The van der Waals surface area contributed by atoms with E-state index in [1.54, 1.807) is 6.07 Å². The predicted molar refractivity (Wildman–Crippen MR) is 75.6 cm³/mol. The summed E-state index contributed by atoms with van der Waals surface area (Å²) in [7, 11) is 0. The van der Waals surface area contributed by atoms with E-state index in [0.29, 0.717) is 36.2 Å². The molecule has 20 heavy (non-hydrogen) atoms. The Bertz CT molecular complexity index is 515. The minimum Gasteiger partial charge on any atom is -0.486 e. The standard InChI is InChI=1S/C14H17ClN2O3/c15-11-7-10(8-12-14(11)20-6-5-19-12)9-13(18)17-3-1-16-2-4-17/h7-8,16H,1-6,9H2. The summed E-state index contributed by atoms with van der Waals surface area (Å²) in [6.45, 7) is 4.25. The zero-order valence-electron chi connectivity index (χ0n) is 11.2. The molecule has 0 saturated carbocycles.